The summed E-state index contributed by atoms with van der Waals surface area (Å²) < 4.78 is 5.43. The van der Waals surface area contributed by atoms with Crippen LogP contribution in [0.2, 0.25) is 0 Å². The molecule has 2 aliphatic rings. The number of hydrogen-bond donors (Lipinski definition) is 1. The third kappa shape index (κ3) is 3.40. The predicted molar refractivity (Wildman–Crippen MR) is 109 cm³/mol. The summed E-state index contributed by atoms with van der Waals surface area (Å²) in [4.78, 5) is 26.1. The summed E-state index contributed by atoms with van der Waals surface area (Å²) in [5, 5.41) is 2.99. The van der Waals surface area contributed by atoms with E-state index in [-0.39, 0.29) is 17.9 Å². The number of carbonyl (C=O) groups is 1. The van der Waals surface area contributed by atoms with Gasteiger partial charge in [-0.3, -0.25) is 9.78 Å². The van der Waals surface area contributed by atoms with E-state index in [9.17, 15) is 4.79 Å². The molecule has 0 spiro atoms. The number of nitrogens with zero attached hydrogens (tertiary/aromatic N) is 4. The van der Waals surface area contributed by atoms with Crippen molar-refractivity contribution in [1.82, 2.24) is 15.3 Å². The number of hydrogen-bond acceptors (Lipinski definition) is 6. The van der Waals surface area contributed by atoms with E-state index in [1.807, 2.05) is 6.07 Å². The molecule has 146 valence electrons. The maximum absolute atomic E-state index is 12.9. The molecule has 2 aromatic rings. The van der Waals surface area contributed by atoms with Gasteiger partial charge in [0, 0.05) is 50.3 Å². The summed E-state index contributed by atoms with van der Waals surface area (Å²) in [7, 11) is 1.68. The lowest BCUT2D eigenvalue weighted by atomic mass is 9.83. The number of carbonyl (C=O) groups excluding carboxylic acids is 1. The van der Waals surface area contributed by atoms with Gasteiger partial charge in [0.2, 0.25) is 5.91 Å². The topological polar surface area (TPSA) is 70.6 Å². The van der Waals surface area contributed by atoms with Crippen LogP contribution < -0.4 is 19.9 Å². The van der Waals surface area contributed by atoms with Crippen LogP contribution in [0.5, 0.6) is 5.75 Å². The molecule has 0 bridgehead atoms. The van der Waals surface area contributed by atoms with Crippen molar-refractivity contribution >= 4 is 17.4 Å². The normalized spacial score (nSPS) is 20.8. The maximum atomic E-state index is 12.9. The van der Waals surface area contributed by atoms with E-state index in [1.165, 1.54) is 5.56 Å². The van der Waals surface area contributed by atoms with Crippen molar-refractivity contribution in [2.45, 2.75) is 12.5 Å². The Bertz CT molecular complexity index is 857. The minimum Gasteiger partial charge on any atom is -0.497 e. The van der Waals surface area contributed by atoms with Crippen LogP contribution in [0.25, 0.3) is 0 Å². The fraction of sp³-hybridized carbons (Fsp3) is 0.381. The predicted octanol–water partition coefficient (Wildman–Crippen LogP) is 1.65. The quantitative estimate of drug-likeness (QED) is 0.797. The Hall–Kier alpha value is -3.09. The van der Waals surface area contributed by atoms with Crippen LogP contribution in [0, 0.1) is 5.92 Å². The first-order chi connectivity index (χ1) is 13.7. The number of rotatable bonds is 5. The molecule has 7 heteroatoms. The maximum Gasteiger partial charge on any atom is 0.225 e. The number of benzene rings is 1. The Morgan fingerprint density at radius 3 is 3.04 bits per heavy atom. The standard InChI is InChI=1S/C21H25N5O2/c1-3-6-24-21(27)17-11-15-4-5-16(28-2)12-18(15)26-10-9-25(14-19(17)26)20-13-22-7-8-23-20/h3-5,7-8,12-13,17,19H,1,6,9-11,14H2,2H3,(H,24,27)/t17-,19+/m1/s1. The first-order valence-corrected chi connectivity index (χ1v) is 9.54. The second-order valence-corrected chi connectivity index (χ2v) is 7.11. The van der Waals surface area contributed by atoms with E-state index >= 15 is 0 Å². The highest BCUT2D eigenvalue weighted by molar-refractivity contribution is 5.82. The third-order valence-electron chi connectivity index (χ3n) is 5.56. The number of piperazine rings is 1. The van der Waals surface area contributed by atoms with Crippen molar-refractivity contribution in [3.8, 4) is 5.75 Å². The molecule has 1 aromatic heterocycles. The number of ether oxygens (including phenoxy) is 1. The summed E-state index contributed by atoms with van der Waals surface area (Å²) in [5.41, 5.74) is 2.35. The number of amides is 1. The van der Waals surface area contributed by atoms with Gasteiger partial charge in [0.15, 0.2) is 0 Å². The van der Waals surface area contributed by atoms with Crippen molar-refractivity contribution in [3.63, 3.8) is 0 Å². The zero-order valence-corrected chi connectivity index (χ0v) is 16.0. The molecule has 1 N–H and O–H groups in total. The molecule has 1 amide bonds. The highest BCUT2D eigenvalue weighted by Crippen LogP contribution is 2.38. The molecule has 1 aromatic carbocycles. The molecule has 0 saturated carbocycles. The number of anilines is 2. The van der Waals surface area contributed by atoms with Gasteiger partial charge in [0.25, 0.3) is 0 Å². The summed E-state index contributed by atoms with van der Waals surface area (Å²) >= 11 is 0. The van der Waals surface area contributed by atoms with Gasteiger partial charge < -0.3 is 19.9 Å². The van der Waals surface area contributed by atoms with Crippen LogP contribution >= 0.6 is 0 Å². The van der Waals surface area contributed by atoms with E-state index < -0.39 is 0 Å². The fourth-order valence-corrected chi connectivity index (χ4v) is 4.17. The molecule has 0 radical (unpaired) electrons. The Morgan fingerprint density at radius 1 is 1.39 bits per heavy atom. The van der Waals surface area contributed by atoms with Crippen molar-refractivity contribution in [1.29, 1.82) is 0 Å². The van der Waals surface area contributed by atoms with Crippen molar-refractivity contribution in [2.75, 3.05) is 43.1 Å². The van der Waals surface area contributed by atoms with Gasteiger partial charge in [-0.15, -0.1) is 6.58 Å². The van der Waals surface area contributed by atoms with E-state index in [0.717, 1.165) is 36.9 Å². The molecule has 1 saturated heterocycles. The Kier molecular flexibility index (Phi) is 5.14. The van der Waals surface area contributed by atoms with Gasteiger partial charge in [-0.1, -0.05) is 12.1 Å². The molecule has 0 aliphatic carbocycles. The van der Waals surface area contributed by atoms with E-state index in [2.05, 4.69) is 43.8 Å². The van der Waals surface area contributed by atoms with Gasteiger partial charge >= 0.3 is 0 Å². The molecule has 1 fully saturated rings. The lowest BCUT2D eigenvalue weighted by molar-refractivity contribution is -0.125. The lowest BCUT2D eigenvalue weighted by Gasteiger charge is -2.49. The van der Waals surface area contributed by atoms with Gasteiger partial charge in [-0.2, -0.15) is 0 Å². The first-order valence-electron chi connectivity index (χ1n) is 9.54. The molecular weight excluding hydrogens is 354 g/mol. The molecule has 4 rings (SSSR count). The largest absolute Gasteiger partial charge is 0.497 e. The van der Waals surface area contributed by atoms with Crippen molar-refractivity contribution in [3.05, 3.63) is 55.0 Å². The van der Waals surface area contributed by atoms with Gasteiger partial charge in [0.05, 0.1) is 25.3 Å². The number of aromatic nitrogens is 2. The molecule has 3 heterocycles. The van der Waals surface area contributed by atoms with E-state index in [4.69, 9.17) is 4.74 Å². The number of fused-ring (bicyclic) bond motifs is 3. The van der Waals surface area contributed by atoms with Gasteiger partial charge in [-0.25, -0.2) is 4.98 Å². The average molecular weight is 379 g/mol. The van der Waals surface area contributed by atoms with Crippen molar-refractivity contribution in [2.24, 2.45) is 5.92 Å². The molecular formula is C21H25N5O2. The summed E-state index contributed by atoms with van der Waals surface area (Å²) in [6, 6.07) is 6.18. The smallest absolute Gasteiger partial charge is 0.225 e. The summed E-state index contributed by atoms with van der Waals surface area (Å²) in [6.45, 7) is 6.54. The number of methoxy groups -OCH3 is 1. The van der Waals surface area contributed by atoms with Crippen LogP contribution in [0.1, 0.15) is 5.56 Å². The zero-order chi connectivity index (χ0) is 19.5. The summed E-state index contributed by atoms with van der Waals surface area (Å²) in [6.07, 6.45) is 7.58. The van der Waals surface area contributed by atoms with Crippen LogP contribution in [0.3, 0.4) is 0 Å². The SMILES string of the molecule is C=CCNC(=O)[C@@H]1Cc2ccc(OC)cc2N2CCN(c3cnccn3)C[C@@H]12. The van der Waals surface area contributed by atoms with Crippen molar-refractivity contribution < 1.29 is 9.53 Å². The van der Waals surface area contributed by atoms with Gasteiger partial charge in [-0.05, 0) is 18.1 Å². The van der Waals surface area contributed by atoms with E-state index in [0.29, 0.717) is 13.0 Å². The second kappa shape index (κ2) is 7.88. The highest BCUT2D eigenvalue weighted by Gasteiger charge is 2.41. The van der Waals surface area contributed by atoms with Crippen LogP contribution in [-0.2, 0) is 11.2 Å². The number of nitrogens with one attached hydrogen (secondary N) is 1. The lowest BCUT2D eigenvalue weighted by Crippen LogP contribution is -2.61. The zero-order valence-electron chi connectivity index (χ0n) is 16.0. The summed E-state index contributed by atoms with van der Waals surface area (Å²) in [5.74, 6) is 1.62. The van der Waals surface area contributed by atoms with E-state index in [1.54, 1.807) is 31.8 Å². The van der Waals surface area contributed by atoms with Gasteiger partial charge in [0.1, 0.15) is 11.6 Å². The van der Waals surface area contributed by atoms with Crippen LogP contribution in [0.15, 0.2) is 49.4 Å². The fourth-order valence-electron chi connectivity index (χ4n) is 4.17. The Labute approximate surface area is 165 Å². The highest BCUT2D eigenvalue weighted by atomic mass is 16.5. The molecule has 2 aliphatic heterocycles. The molecule has 28 heavy (non-hydrogen) atoms. The van der Waals surface area contributed by atoms with Crippen LogP contribution in [-0.4, -0.2) is 55.2 Å². The molecule has 2 atom stereocenters. The Balaban J connectivity index is 1.66. The molecule has 0 unspecified atom stereocenters. The van der Waals surface area contributed by atoms with Crippen LogP contribution in [0.4, 0.5) is 11.5 Å². The minimum absolute atomic E-state index is 0.0557. The third-order valence-corrected chi connectivity index (χ3v) is 5.56. The first kappa shape index (κ1) is 18.3. The monoisotopic (exact) mass is 379 g/mol. The Morgan fingerprint density at radius 2 is 2.29 bits per heavy atom. The minimum atomic E-state index is -0.139. The average Bonchev–Trinajstić information content (AvgIpc) is 2.76. The second-order valence-electron chi connectivity index (χ2n) is 7.11. The molecule has 7 nitrogen and oxygen atoms in total.